The molecule has 0 N–H and O–H groups in total. The van der Waals surface area contributed by atoms with Crippen LogP contribution in [0.25, 0.3) is 0 Å². The molecule has 3 aliphatic rings. The predicted octanol–water partition coefficient (Wildman–Crippen LogP) is 2.56. The Bertz CT molecular complexity index is 684. The number of nitrogens with zero attached hydrogens (tertiary/aromatic N) is 2. The van der Waals surface area contributed by atoms with Crippen LogP contribution in [0.1, 0.15) is 39.0 Å². The van der Waals surface area contributed by atoms with E-state index in [1.54, 1.807) is 4.90 Å². The van der Waals surface area contributed by atoms with E-state index in [1.165, 1.54) is 12.8 Å². The van der Waals surface area contributed by atoms with Crippen LogP contribution in [0.5, 0.6) is 11.5 Å². The standard InChI is InChI=1S/C19H24N2O4/c1-2-20(14-5-3-4-6-14)19(23)13-9-18(22)21(11-13)15-7-8-16-17(10-15)25-12-24-16/h7-8,10,13-14H,2-6,9,11-12H2,1H3. The molecule has 0 bridgehead atoms. The summed E-state index contributed by atoms with van der Waals surface area (Å²) in [5, 5.41) is 0. The maximum Gasteiger partial charge on any atom is 0.231 e. The number of amides is 2. The maximum absolute atomic E-state index is 13.0. The van der Waals surface area contributed by atoms with Crippen molar-refractivity contribution in [3.63, 3.8) is 0 Å². The summed E-state index contributed by atoms with van der Waals surface area (Å²) in [5.74, 6) is 1.23. The first-order valence-corrected chi connectivity index (χ1v) is 9.18. The van der Waals surface area contributed by atoms with E-state index < -0.39 is 0 Å². The summed E-state index contributed by atoms with van der Waals surface area (Å²) in [6.07, 6.45) is 4.86. The third kappa shape index (κ3) is 2.94. The number of benzene rings is 1. The van der Waals surface area contributed by atoms with E-state index in [9.17, 15) is 9.59 Å². The Labute approximate surface area is 147 Å². The third-order valence-electron chi connectivity index (χ3n) is 5.53. The molecule has 0 aromatic heterocycles. The maximum atomic E-state index is 13.0. The average Bonchev–Trinajstić information content (AvgIpc) is 3.35. The fourth-order valence-electron chi connectivity index (χ4n) is 4.22. The van der Waals surface area contributed by atoms with E-state index in [-0.39, 0.29) is 30.9 Å². The van der Waals surface area contributed by atoms with E-state index >= 15 is 0 Å². The monoisotopic (exact) mass is 344 g/mol. The molecule has 0 spiro atoms. The highest BCUT2D eigenvalue weighted by atomic mass is 16.7. The molecule has 1 saturated carbocycles. The van der Waals surface area contributed by atoms with Crippen molar-refractivity contribution in [3.8, 4) is 11.5 Å². The van der Waals surface area contributed by atoms with Crippen molar-refractivity contribution in [2.75, 3.05) is 24.8 Å². The lowest BCUT2D eigenvalue weighted by Gasteiger charge is -2.30. The summed E-state index contributed by atoms with van der Waals surface area (Å²) in [7, 11) is 0. The zero-order chi connectivity index (χ0) is 17.4. The Hall–Kier alpha value is -2.24. The first-order valence-electron chi connectivity index (χ1n) is 9.18. The third-order valence-corrected chi connectivity index (χ3v) is 5.53. The highest BCUT2D eigenvalue weighted by Crippen LogP contribution is 2.37. The topological polar surface area (TPSA) is 59.1 Å². The molecule has 6 nitrogen and oxygen atoms in total. The van der Waals surface area contributed by atoms with Crippen LogP contribution in [0.15, 0.2) is 18.2 Å². The lowest BCUT2D eigenvalue weighted by Crippen LogP contribution is -2.43. The number of fused-ring (bicyclic) bond motifs is 1. The fourth-order valence-corrected chi connectivity index (χ4v) is 4.22. The van der Waals surface area contributed by atoms with Crippen LogP contribution in [0, 0.1) is 5.92 Å². The van der Waals surface area contributed by atoms with Crippen molar-refractivity contribution in [2.24, 2.45) is 5.92 Å². The van der Waals surface area contributed by atoms with Gasteiger partial charge in [0.05, 0.1) is 5.92 Å². The second-order valence-corrected chi connectivity index (χ2v) is 7.01. The van der Waals surface area contributed by atoms with Crippen molar-refractivity contribution >= 4 is 17.5 Å². The Morgan fingerprint density at radius 1 is 1.24 bits per heavy atom. The molecule has 1 aromatic carbocycles. The van der Waals surface area contributed by atoms with Crippen LogP contribution < -0.4 is 14.4 Å². The molecule has 1 atom stereocenters. The number of anilines is 1. The van der Waals surface area contributed by atoms with Gasteiger partial charge in [-0.3, -0.25) is 9.59 Å². The van der Waals surface area contributed by atoms with Crippen molar-refractivity contribution in [1.82, 2.24) is 4.90 Å². The van der Waals surface area contributed by atoms with Gasteiger partial charge in [0.1, 0.15) is 0 Å². The van der Waals surface area contributed by atoms with Gasteiger partial charge in [-0.25, -0.2) is 0 Å². The second kappa shape index (κ2) is 6.58. The number of carbonyl (C=O) groups excluding carboxylic acids is 2. The van der Waals surface area contributed by atoms with Gasteiger partial charge in [-0.2, -0.15) is 0 Å². The second-order valence-electron chi connectivity index (χ2n) is 7.01. The van der Waals surface area contributed by atoms with Gasteiger partial charge in [-0.05, 0) is 31.9 Å². The van der Waals surface area contributed by atoms with E-state index in [0.717, 1.165) is 25.1 Å². The molecule has 1 unspecified atom stereocenters. The molecule has 1 saturated heterocycles. The highest BCUT2D eigenvalue weighted by Gasteiger charge is 2.39. The van der Waals surface area contributed by atoms with Gasteiger partial charge < -0.3 is 19.3 Å². The molecule has 1 aliphatic carbocycles. The van der Waals surface area contributed by atoms with Gasteiger partial charge in [0.2, 0.25) is 18.6 Å². The molecule has 2 heterocycles. The molecule has 2 amide bonds. The minimum atomic E-state index is -0.251. The Morgan fingerprint density at radius 3 is 2.76 bits per heavy atom. The molecule has 2 fully saturated rings. The summed E-state index contributed by atoms with van der Waals surface area (Å²) < 4.78 is 10.7. The van der Waals surface area contributed by atoms with Crippen molar-refractivity contribution < 1.29 is 19.1 Å². The SMILES string of the molecule is CCN(C(=O)C1CC(=O)N(c2ccc3c(c2)OCO3)C1)C1CCCC1. The zero-order valence-corrected chi connectivity index (χ0v) is 14.6. The van der Waals surface area contributed by atoms with Crippen molar-refractivity contribution in [3.05, 3.63) is 18.2 Å². The van der Waals surface area contributed by atoms with Gasteiger partial charge >= 0.3 is 0 Å². The Morgan fingerprint density at radius 2 is 2.00 bits per heavy atom. The molecule has 4 rings (SSSR count). The number of hydrogen-bond acceptors (Lipinski definition) is 4. The lowest BCUT2D eigenvalue weighted by molar-refractivity contribution is -0.137. The molecule has 0 radical (unpaired) electrons. The molecule has 134 valence electrons. The van der Waals surface area contributed by atoms with E-state index in [4.69, 9.17) is 9.47 Å². The molecule has 6 heteroatoms. The molecule has 2 aliphatic heterocycles. The van der Waals surface area contributed by atoms with E-state index in [2.05, 4.69) is 0 Å². The summed E-state index contributed by atoms with van der Waals surface area (Å²) in [5.41, 5.74) is 0.772. The van der Waals surface area contributed by atoms with Crippen molar-refractivity contribution in [1.29, 1.82) is 0 Å². The van der Waals surface area contributed by atoms with Crippen LogP contribution in [0.4, 0.5) is 5.69 Å². The summed E-state index contributed by atoms with van der Waals surface area (Å²) in [6, 6.07) is 5.85. The fraction of sp³-hybridized carbons (Fsp3) is 0.579. The number of hydrogen-bond donors (Lipinski definition) is 0. The largest absolute Gasteiger partial charge is 0.454 e. The number of ether oxygens (including phenoxy) is 2. The van der Waals surface area contributed by atoms with E-state index in [0.29, 0.717) is 24.1 Å². The van der Waals surface area contributed by atoms with Crippen LogP contribution in [0.3, 0.4) is 0 Å². The van der Waals surface area contributed by atoms with Gasteiger partial charge in [-0.15, -0.1) is 0 Å². The van der Waals surface area contributed by atoms with Crippen LogP contribution in [0.2, 0.25) is 0 Å². The molecule has 25 heavy (non-hydrogen) atoms. The normalized spacial score (nSPS) is 22.7. The highest BCUT2D eigenvalue weighted by molar-refractivity contribution is 6.00. The zero-order valence-electron chi connectivity index (χ0n) is 14.6. The Balaban J connectivity index is 1.48. The smallest absolute Gasteiger partial charge is 0.231 e. The molecular formula is C19H24N2O4. The molecule has 1 aromatic rings. The van der Waals surface area contributed by atoms with Gasteiger partial charge in [0.15, 0.2) is 11.5 Å². The number of rotatable bonds is 4. The summed E-state index contributed by atoms with van der Waals surface area (Å²) in [6.45, 7) is 3.40. The van der Waals surface area contributed by atoms with Gasteiger partial charge in [0.25, 0.3) is 0 Å². The summed E-state index contributed by atoms with van der Waals surface area (Å²) >= 11 is 0. The van der Waals surface area contributed by atoms with Gasteiger partial charge in [-0.1, -0.05) is 12.8 Å². The summed E-state index contributed by atoms with van der Waals surface area (Å²) in [4.78, 5) is 29.2. The lowest BCUT2D eigenvalue weighted by atomic mass is 10.1. The van der Waals surface area contributed by atoms with Crippen molar-refractivity contribution in [2.45, 2.75) is 45.1 Å². The van der Waals surface area contributed by atoms with Crippen LogP contribution in [-0.2, 0) is 9.59 Å². The quantitative estimate of drug-likeness (QED) is 0.842. The minimum absolute atomic E-state index is 0.000287. The van der Waals surface area contributed by atoms with Crippen LogP contribution >= 0.6 is 0 Å². The number of carbonyl (C=O) groups is 2. The van der Waals surface area contributed by atoms with E-state index in [1.807, 2.05) is 30.0 Å². The average molecular weight is 344 g/mol. The minimum Gasteiger partial charge on any atom is -0.454 e. The Kier molecular flexibility index (Phi) is 4.27. The first-order chi connectivity index (χ1) is 12.2. The molecular weight excluding hydrogens is 320 g/mol. The van der Waals surface area contributed by atoms with Crippen LogP contribution in [-0.4, -0.2) is 42.6 Å². The first kappa shape index (κ1) is 16.2. The van der Waals surface area contributed by atoms with Gasteiger partial charge in [0, 0.05) is 37.3 Å². The predicted molar refractivity (Wildman–Crippen MR) is 92.7 cm³/mol.